The molecular formula is C19H27N3O5. The quantitative estimate of drug-likeness (QED) is 0.659. The Kier molecular flexibility index (Phi) is 4.84. The van der Waals surface area contributed by atoms with Crippen LogP contribution in [-0.2, 0) is 9.53 Å². The molecule has 1 heterocycles. The van der Waals surface area contributed by atoms with Gasteiger partial charge in [0.1, 0.15) is 6.61 Å². The van der Waals surface area contributed by atoms with Gasteiger partial charge in [-0.1, -0.05) is 0 Å². The average Bonchev–Trinajstić information content (AvgIpc) is 2.58. The summed E-state index contributed by atoms with van der Waals surface area (Å²) in [4.78, 5) is 30.6. The number of aromatic nitrogens is 2. The number of nitrogens with one attached hydrogen (secondary N) is 1. The molecular weight excluding hydrogens is 350 g/mol. The monoisotopic (exact) mass is 377 g/mol. The molecule has 5 rings (SSSR count). The molecule has 3 N–H and O–H groups in total. The lowest BCUT2D eigenvalue weighted by molar-refractivity contribution is -0.148. The molecule has 8 heteroatoms. The predicted octanol–water partition coefficient (Wildman–Crippen LogP) is 1.24. The van der Waals surface area contributed by atoms with Crippen LogP contribution in [-0.4, -0.2) is 42.3 Å². The molecule has 1 aromatic heterocycles. The minimum absolute atomic E-state index is 0.0747. The Bertz CT molecular complexity index is 727. The number of hydrogen-bond donors (Lipinski definition) is 2. The second-order valence-electron chi connectivity index (χ2n) is 8.41. The summed E-state index contributed by atoms with van der Waals surface area (Å²) in [5.74, 6) is 1.78. The molecule has 1 atom stereocenters. The highest BCUT2D eigenvalue weighted by molar-refractivity contribution is 5.80. The van der Waals surface area contributed by atoms with E-state index in [-0.39, 0.29) is 23.8 Å². The molecule has 1 aromatic rings. The fourth-order valence-electron chi connectivity index (χ4n) is 5.89. The van der Waals surface area contributed by atoms with Gasteiger partial charge in [0, 0.05) is 12.5 Å². The minimum Gasteiger partial charge on any atom is -0.476 e. The number of nitrogens with zero attached hydrogens (tertiary/aromatic N) is 1. The average molecular weight is 377 g/mol. The Balaban J connectivity index is 1.56. The van der Waals surface area contributed by atoms with Crippen molar-refractivity contribution in [1.29, 1.82) is 0 Å². The zero-order valence-corrected chi connectivity index (χ0v) is 15.6. The summed E-state index contributed by atoms with van der Waals surface area (Å²) in [6, 6.07) is 1.49. The summed E-state index contributed by atoms with van der Waals surface area (Å²) in [6.45, 7) is 0.669. The number of carbonyl (C=O) groups is 1. The van der Waals surface area contributed by atoms with E-state index in [1.54, 1.807) is 7.11 Å². The van der Waals surface area contributed by atoms with Crippen LogP contribution >= 0.6 is 0 Å². The molecule has 0 radical (unpaired) electrons. The first kappa shape index (κ1) is 18.3. The van der Waals surface area contributed by atoms with E-state index in [2.05, 4.69) is 9.97 Å². The summed E-state index contributed by atoms with van der Waals surface area (Å²) in [5.41, 5.74) is 4.93. The van der Waals surface area contributed by atoms with Gasteiger partial charge < -0.3 is 19.9 Å². The van der Waals surface area contributed by atoms with Crippen molar-refractivity contribution in [3.63, 3.8) is 0 Å². The van der Waals surface area contributed by atoms with Gasteiger partial charge in [-0.05, 0) is 56.3 Å². The zero-order valence-electron chi connectivity index (χ0n) is 15.6. The van der Waals surface area contributed by atoms with E-state index in [4.69, 9.17) is 19.9 Å². The molecule has 4 aliphatic rings. The van der Waals surface area contributed by atoms with Gasteiger partial charge in [-0.15, -0.1) is 0 Å². The second kappa shape index (κ2) is 7.14. The van der Waals surface area contributed by atoms with Crippen molar-refractivity contribution in [3.8, 4) is 11.8 Å². The normalized spacial score (nSPS) is 32.3. The number of primary amides is 1. The molecule has 27 heavy (non-hydrogen) atoms. The topological polar surface area (TPSA) is 117 Å². The second-order valence-corrected chi connectivity index (χ2v) is 8.41. The first-order valence-electron chi connectivity index (χ1n) is 9.66. The number of H-pyrrole nitrogens is 1. The van der Waals surface area contributed by atoms with Crippen molar-refractivity contribution >= 4 is 5.91 Å². The molecule has 8 nitrogen and oxygen atoms in total. The maximum atomic E-state index is 12.3. The van der Waals surface area contributed by atoms with Crippen LogP contribution in [0.4, 0.5) is 0 Å². The van der Waals surface area contributed by atoms with E-state index in [1.807, 2.05) is 0 Å². The molecule has 0 saturated heterocycles. The van der Waals surface area contributed by atoms with Gasteiger partial charge >= 0.3 is 5.69 Å². The largest absolute Gasteiger partial charge is 0.476 e. The van der Waals surface area contributed by atoms with Crippen molar-refractivity contribution in [1.82, 2.24) is 9.97 Å². The Hall–Kier alpha value is -2.09. The van der Waals surface area contributed by atoms with Gasteiger partial charge in [-0.2, -0.15) is 4.98 Å². The smallest absolute Gasteiger partial charge is 0.351 e. The zero-order chi connectivity index (χ0) is 19.0. The van der Waals surface area contributed by atoms with Gasteiger partial charge in [-0.25, -0.2) is 4.79 Å². The van der Waals surface area contributed by atoms with Gasteiger partial charge in [-0.3, -0.25) is 9.78 Å². The van der Waals surface area contributed by atoms with E-state index in [0.29, 0.717) is 24.4 Å². The van der Waals surface area contributed by atoms with E-state index >= 15 is 0 Å². The maximum Gasteiger partial charge on any atom is 0.351 e. The third kappa shape index (κ3) is 3.67. The van der Waals surface area contributed by atoms with Gasteiger partial charge in [0.15, 0.2) is 12.0 Å². The van der Waals surface area contributed by atoms with Crippen molar-refractivity contribution in [2.75, 3.05) is 20.3 Å². The number of amides is 1. The van der Waals surface area contributed by atoms with E-state index < -0.39 is 17.7 Å². The van der Waals surface area contributed by atoms with E-state index in [9.17, 15) is 9.59 Å². The van der Waals surface area contributed by atoms with Crippen LogP contribution in [0.3, 0.4) is 0 Å². The number of hydrogen-bond acceptors (Lipinski definition) is 6. The third-order valence-electron chi connectivity index (χ3n) is 6.38. The van der Waals surface area contributed by atoms with Crippen LogP contribution in [0.25, 0.3) is 0 Å². The number of nitrogens with two attached hydrogens (primary N) is 1. The summed E-state index contributed by atoms with van der Waals surface area (Å²) >= 11 is 0. The summed E-state index contributed by atoms with van der Waals surface area (Å²) < 4.78 is 16.3. The number of ether oxygens (including phenoxy) is 3. The van der Waals surface area contributed by atoms with Crippen LogP contribution in [0.15, 0.2) is 10.9 Å². The lowest BCUT2D eigenvalue weighted by Gasteiger charge is -2.58. The molecule has 148 valence electrons. The van der Waals surface area contributed by atoms with Crippen molar-refractivity contribution in [2.45, 2.75) is 44.6 Å². The van der Waals surface area contributed by atoms with Crippen LogP contribution in [0.5, 0.6) is 11.8 Å². The number of aromatic amines is 1. The van der Waals surface area contributed by atoms with Crippen molar-refractivity contribution in [3.05, 3.63) is 16.6 Å². The van der Waals surface area contributed by atoms with Crippen molar-refractivity contribution in [2.24, 2.45) is 28.9 Å². The predicted molar refractivity (Wildman–Crippen MR) is 96.4 cm³/mol. The first-order chi connectivity index (χ1) is 13.0. The number of carbonyl (C=O) groups excluding carboxylic acids is 1. The van der Waals surface area contributed by atoms with Crippen LogP contribution in [0, 0.1) is 23.2 Å². The molecule has 4 bridgehead atoms. The molecule has 0 spiro atoms. The van der Waals surface area contributed by atoms with E-state index in [1.165, 1.54) is 25.3 Å². The molecule has 0 aromatic carbocycles. The first-order valence-corrected chi connectivity index (χ1v) is 9.66. The third-order valence-corrected chi connectivity index (χ3v) is 6.38. The Labute approximate surface area is 157 Å². The number of methoxy groups -OCH3 is 1. The number of rotatable bonds is 8. The lowest BCUT2D eigenvalue weighted by atomic mass is 9.48. The molecule has 4 fully saturated rings. The summed E-state index contributed by atoms with van der Waals surface area (Å²) in [5, 5.41) is 0. The molecule has 1 amide bonds. The fraction of sp³-hybridized carbons (Fsp3) is 0.737. The summed E-state index contributed by atoms with van der Waals surface area (Å²) in [7, 11) is 1.57. The Morgan fingerprint density at radius 1 is 1.26 bits per heavy atom. The van der Waals surface area contributed by atoms with Gasteiger partial charge in [0.25, 0.3) is 5.91 Å². The highest BCUT2D eigenvalue weighted by atomic mass is 16.5. The molecule has 4 saturated carbocycles. The fourth-order valence-corrected chi connectivity index (χ4v) is 5.89. The minimum atomic E-state index is -0.771. The Morgan fingerprint density at radius 3 is 2.44 bits per heavy atom. The SMILES string of the molecule is COCCOc1cc(OC(C(N)=O)C23CC4CC(CC(C4)C2)C3)nc(=O)[nH]1. The highest BCUT2D eigenvalue weighted by Crippen LogP contribution is 2.61. The van der Waals surface area contributed by atoms with Crippen LogP contribution in [0.2, 0.25) is 0 Å². The molecule has 0 aliphatic heterocycles. The van der Waals surface area contributed by atoms with Gasteiger partial charge in [0.2, 0.25) is 5.88 Å². The highest BCUT2D eigenvalue weighted by Gasteiger charge is 2.56. The van der Waals surface area contributed by atoms with E-state index in [0.717, 1.165) is 19.3 Å². The lowest BCUT2D eigenvalue weighted by Crippen LogP contribution is -2.57. The van der Waals surface area contributed by atoms with Crippen LogP contribution < -0.4 is 20.9 Å². The maximum absolute atomic E-state index is 12.3. The summed E-state index contributed by atoms with van der Waals surface area (Å²) in [6.07, 6.45) is 5.89. The molecule has 1 unspecified atom stereocenters. The van der Waals surface area contributed by atoms with Crippen molar-refractivity contribution < 1.29 is 19.0 Å². The van der Waals surface area contributed by atoms with Crippen LogP contribution in [0.1, 0.15) is 38.5 Å². The van der Waals surface area contributed by atoms with Gasteiger partial charge in [0.05, 0.1) is 12.7 Å². The molecule has 4 aliphatic carbocycles. The standard InChI is InChI=1S/C19H27N3O5/c1-25-2-3-26-14-7-15(22-18(24)21-14)27-16(17(20)23)19-8-11-4-12(9-19)6-13(5-11)10-19/h7,11-13,16H,2-6,8-10H2,1H3,(H2,20,23)(H,21,22,24). The Morgan fingerprint density at radius 2 is 1.89 bits per heavy atom.